The predicted molar refractivity (Wildman–Crippen MR) is 148 cm³/mol. The number of halogens is 1. The van der Waals surface area contributed by atoms with Gasteiger partial charge < -0.3 is 15.2 Å². The van der Waals surface area contributed by atoms with Crippen LogP contribution in [0.4, 0.5) is 4.39 Å². The van der Waals surface area contributed by atoms with E-state index in [1.807, 2.05) is 64.0 Å². The number of para-hydroxylation sites is 1. The molecule has 6 aromatic rings. The summed E-state index contributed by atoms with van der Waals surface area (Å²) in [6.45, 7) is 1.38. The summed E-state index contributed by atoms with van der Waals surface area (Å²) < 4.78 is 14.4. The molecule has 0 aliphatic carbocycles. The molecule has 38 heavy (non-hydrogen) atoms. The number of fused-ring (bicyclic) bond motifs is 2. The Balaban J connectivity index is 1.43. The molecule has 0 aliphatic rings. The first-order valence-corrected chi connectivity index (χ1v) is 12.3. The minimum atomic E-state index is -0.275. The molecule has 0 bridgehead atoms. The molecule has 3 N–H and O–H groups in total. The number of hydrogen-bond donors (Lipinski definition) is 3. The first-order chi connectivity index (χ1) is 18.5. The Morgan fingerprint density at radius 3 is 2.63 bits per heavy atom. The van der Waals surface area contributed by atoms with E-state index in [9.17, 15) is 4.39 Å². The van der Waals surface area contributed by atoms with Gasteiger partial charge in [-0.1, -0.05) is 12.1 Å². The number of hydrogen-bond acceptors (Lipinski definition) is 6. The van der Waals surface area contributed by atoms with Crippen molar-refractivity contribution >= 4 is 22.1 Å². The van der Waals surface area contributed by atoms with Crippen LogP contribution in [0.25, 0.3) is 55.8 Å². The number of benzene rings is 2. The van der Waals surface area contributed by atoms with E-state index in [1.165, 1.54) is 0 Å². The van der Waals surface area contributed by atoms with E-state index in [-0.39, 0.29) is 5.82 Å². The molecular weight excluding hydrogens is 479 g/mol. The topological polar surface area (TPSA) is 98.4 Å². The van der Waals surface area contributed by atoms with Gasteiger partial charge in [0.1, 0.15) is 11.5 Å². The Bertz CT molecular complexity index is 1770. The van der Waals surface area contributed by atoms with Crippen LogP contribution in [0, 0.1) is 5.82 Å². The first kappa shape index (κ1) is 23.9. The summed E-state index contributed by atoms with van der Waals surface area (Å²) in [5.41, 5.74) is 8.52. The molecule has 190 valence electrons. The number of aromatic amines is 2. The van der Waals surface area contributed by atoms with Gasteiger partial charge in [-0.05, 0) is 74.2 Å². The fourth-order valence-corrected chi connectivity index (χ4v) is 4.83. The van der Waals surface area contributed by atoms with E-state index in [2.05, 4.69) is 47.5 Å². The highest BCUT2D eigenvalue weighted by molar-refractivity contribution is 5.97. The van der Waals surface area contributed by atoms with Crippen molar-refractivity contribution in [1.82, 2.24) is 40.3 Å². The Morgan fingerprint density at radius 2 is 1.79 bits per heavy atom. The molecule has 0 amide bonds. The third-order valence-electron chi connectivity index (χ3n) is 6.44. The molecule has 9 heteroatoms. The number of H-pyrrole nitrogens is 2. The zero-order valence-corrected chi connectivity index (χ0v) is 21.4. The number of imidazole rings is 1. The van der Waals surface area contributed by atoms with Gasteiger partial charge in [0.15, 0.2) is 11.5 Å². The molecule has 0 fully saturated rings. The third kappa shape index (κ3) is 4.53. The van der Waals surface area contributed by atoms with Gasteiger partial charge in [-0.3, -0.25) is 10.1 Å². The van der Waals surface area contributed by atoms with Gasteiger partial charge in [-0.2, -0.15) is 5.10 Å². The van der Waals surface area contributed by atoms with Crippen LogP contribution in [0.1, 0.15) is 11.1 Å². The molecular formula is C29H27FN8. The average molecular weight is 507 g/mol. The maximum atomic E-state index is 14.4. The van der Waals surface area contributed by atoms with Crippen molar-refractivity contribution in [3.8, 4) is 33.8 Å². The van der Waals surface area contributed by atoms with Gasteiger partial charge in [0.05, 0.1) is 16.4 Å². The van der Waals surface area contributed by atoms with Gasteiger partial charge in [-0.15, -0.1) is 0 Å². The lowest BCUT2D eigenvalue weighted by Crippen LogP contribution is -2.10. The maximum Gasteiger partial charge on any atom is 0.181 e. The van der Waals surface area contributed by atoms with Crippen molar-refractivity contribution in [2.24, 2.45) is 0 Å². The van der Waals surface area contributed by atoms with Crippen molar-refractivity contribution < 1.29 is 4.39 Å². The van der Waals surface area contributed by atoms with Crippen LogP contribution in [-0.4, -0.2) is 56.2 Å². The van der Waals surface area contributed by atoms with Crippen LogP contribution in [-0.2, 0) is 13.1 Å². The third-order valence-corrected chi connectivity index (χ3v) is 6.44. The van der Waals surface area contributed by atoms with E-state index in [1.54, 1.807) is 12.1 Å². The highest BCUT2D eigenvalue weighted by Crippen LogP contribution is 2.33. The standard InChI is InChI=1S/C29H27FN8/c1-31-12-17-7-19(10-22(30)9-17)23-5-4-6-25-26(23)35-29(34-25)27-24-11-21(15-33-28(24)37-36-27)20-8-18(13-32-14-20)16-38(2)3/h4-11,13-15,31H,12,16H2,1-3H3,(H,34,35)(H,33,36,37). The molecule has 8 nitrogen and oxygen atoms in total. The SMILES string of the molecule is CNCc1cc(F)cc(-c2cccc3[nH]c(-c4[nH]nc5ncc(-c6cncc(CN(C)C)c6)cc45)nc23)c1. The summed E-state index contributed by atoms with van der Waals surface area (Å²) in [5, 5.41) is 11.4. The van der Waals surface area contributed by atoms with Crippen LogP contribution >= 0.6 is 0 Å². The lowest BCUT2D eigenvalue weighted by molar-refractivity contribution is 0.402. The average Bonchev–Trinajstić information content (AvgIpc) is 3.52. The molecule has 0 unspecified atom stereocenters. The molecule has 0 radical (unpaired) electrons. The number of rotatable bonds is 7. The normalized spacial score (nSPS) is 11.7. The molecule has 0 aliphatic heterocycles. The minimum absolute atomic E-state index is 0.275. The van der Waals surface area contributed by atoms with Gasteiger partial charge in [0.25, 0.3) is 0 Å². The van der Waals surface area contributed by atoms with Crippen molar-refractivity contribution in [1.29, 1.82) is 0 Å². The zero-order chi connectivity index (χ0) is 26.2. The van der Waals surface area contributed by atoms with Crippen LogP contribution in [0.15, 0.2) is 67.1 Å². The summed E-state index contributed by atoms with van der Waals surface area (Å²) >= 11 is 0. The van der Waals surface area contributed by atoms with Crippen LogP contribution in [0.2, 0.25) is 0 Å². The van der Waals surface area contributed by atoms with Crippen molar-refractivity contribution in [2.45, 2.75) is 13.1 Å². The molecule has 0 saturated heterocycles. The molecule has 4 heterocycles. The van der Waals surface area contributed by atoms with E-state index in [4.69, 9.17) is 4.98 Å². The van der Waals surface area contributed by atoms with E-state index < -0.39 is 0 Å². The van der Waals surface area contributed by atoms with Gasteiger partial charge in [0.2, 0.25) is 0 Å². The largest absolute Gasteiger partial charge is 0.337 e. The maximum absolute atomic E-state index is 14.4. The lowest BCUT2D eigenvalue weighted by atomic mass is 10.0. The lowest BCUT2D eigenvalue weighted by Gasteiger charge is -2.10. The fraction of sp³-hybridized carbons (Fsp3) is 0.172. The number of nitrogens with zero attached hydrogens (tertiary/aromatic N) is 5. The smallest absolute Gasteiger partial charge is 0.181 e. The van der Waals surface area contributed by atoms with Crippen LogP contribution in [0.3, 0.4) is 0 Å². The van der Waals surface area contributed by atoms with Crippen molar-refractivity contribution in [2.75, 3.05) is 21.1 Å². The van der Waals surface area contributed by atoms with Crippen LogP contribution < -0.4 is 5.32 Å². The second kappa shape index (κ2) is 9.77. The Morgan fingerprint density at radius 1 is 0.947 bits per heavy atom. The van der Waals surface area contributed by atoms with E-state index >= 15 is 0 Å². The first-order valence-electron chi connectivity index (χ1n) is 12.3. The second-order valence-electron chi connectivity index (χ2n) is 9.68. The Kier molecular flexibility index (Phi) is 6.15. The summed E-state index contributed by atoms with van der Waals surface area (Å²) in [7, 11) is 5.91. The summed E-state index contributed by atoms with van der Waals surface area (Å²) in [4.78, 5) is 19.5. The fourth-order valence-electron chi connectivity index (χ4n) is 4.83. The molecule has 0 atom stereocenters. The summed E-state index contributed by atoms with van der Waals surface area (Å²) in [6.07, 6.45) is 5.54. The molecule has 6 rings (SSSR count). The number of nitrogens with one attached hydrogen (secondary N) is 3. The Labute approximate surface area is 219 Å². The summed E-state index contributed by atoms with van der Waals surface area (Å²) in [5.74, 6) is 0.364. The molecule has 4 aromatic heterocycles. The highest BCUT2D eigenvalue weighted by Gasteiger charge is 2.17. The zero-order valence-electron chi connectivity index (χ0n) is 21.4. The van der Waals surface area contributed by atoms with E-state index in [0.717, 1.165) is 62.0 Å². The Hall–Kier alpha value is -4.47. The summed E-state index contributed by atoms with van der Waals surface area (Å²) in [6, 6.07) is 15.1. The molecule has 0 saturated carbocycles. The van der Waals surface area contributed by atoms with Crippen molar-refractivity contribution in [3.05, 3.63) is 84.1 Å². The van der Waals surface area contributed by atoms with Gasteiger partial charge >= 0.3 is 0 Å². The monoisotopic (exact) mass is 506 g/mol. The molecule has 2 aromatic carbocycles. The van der Waals surface area contributed by atoms with Gasteiger partial charge in [0, 0.05) is 48.4 Å². The predicted octanol–water partition coefficient (Wildman–Crippen LogP) is 5.15. The second-order valence-corrected chi connectivity index (χ2v) is 9.68. The van der Waals surface area contributed by atoms with Crippen molar-refractivity contribution in [3.63, 3.8) is 0 Å². The number of aromatic nitrogens is 6. The van der Waals surface area contributed by atoms with Crippen LogP contribution in [0.5, 0.6) is 0 Å². The van der Waals surface area contributed by atoms with Gasteiger partial charge in [-0.25, -0.2) is 14.4 Å². The minimum Gasteiger partial charge on any atom is -0.337 e. The quantitative estimate of drug-likeness (QED) is 0.277. The molecule has 0 spiro atoms. The van der Waals surface area contributed by atoms with E-state index in [0.29, 0.717) is 18.0 Å². The number of pyridine rings is 2. The highest BCUT2D eigenvalue weighted by atomic mass is 19.1.